The van der Waals surface area contributed by atoms with Gasteiger partial charge in [-0.15, -0.1) is 0 Å². The topological polar surface area (TPSA) is 72.2 Å². The Balaban J connectivity index is 0.000000281. The molecule has 4 nitrogen and oxygen atoms in total. The summed E-state index contributed by atoms with van der Waals surface area (Å²) in [6, 6.07) is 0.320. The number of rotatable bonds is 0. The highest BCUT2D eigenvalue weighted by Crippen LogP contribution is 2.16. The molecule has 1 radical (unpaired) electrons. The fourth-order valence-electron chi connectivity index (χ4n) is 1.52. The van der Waals surface area contributed by atoms with E-state index in [0.29, 0.717) is 6.04 Å². The molecular weight excluding hydrogens is 206 g/mol. The van der Waals surface area contributed by atoms with Crippen molar-refractivity contribution in [2.45, 2.75) is 71.1 Å². The lowest BCUT2D eigenvalue weighted by Gasteiger charge is -2.19. The van der Waals surface area contributed by atoms with Crippen LogP contribution >= 0.6 is 0 Å². The van der Waals surface area contributed by atoms with Crippen LogP contribution in [0.5, 0.6) is 0 Å². The van der Waals surface area contributed by atoms with Gasteiger partial charge in [0.1, 0.15) is 5.60 Å². The van der Waals surface area contributed by atoms with Crippen LogP contribution in [0.2, 0.25) is 0 Å². The van der Waals surface area contributed by atoms with E-state index in [9.17, 15) is 9.90 Å². The van der Waals surface area contributed by atoms with Gasteiger partial charge in [-0.2, -0.15) is 0 Å². The molecule has 4 heteroatoms. The molecule has 95 valence electrons. The van der Waals surface area contributed by atoms with Gasteiger partial charge >= 0.3 is 5.97 Å². The summed E-state index contributed by atoms with van der Waals surface area (Å²) in [4.78, 5) is 10.2. The quantitative estimate of drug-likeness (QED) is 0.647. The fraction of sp³-hybridized carbons (Fsp3) is 0.917. The first-order valence-electron chi connectivity index (χ1n) is 5.81. The maximum atomic E-state index is 10.6. The first kappa shape index (κ1) is 15.4. The Bertz CT molecular complexity index is 193. The Labute approximate surface area is 98.2 Å². The molecule has 0 amide bonds. The van der Waals surface area contributed by atoms with Gasteiger partial charge in [-0.1, -0.05) is 0 Å². The van der Waals surface area contributed by atoms with Crippen molar-refractivity contribution >= 4 is 5.97 Å². The number of ether oxygens (including phenoxy) is 1. The van der Waals surface area contributed by atoms with E-state index in [1.165, 1.54) is 6.92 Å². The first-order valence-corrected chi connectivity index (χ1v) is 5.81. The number of hydrogen-bond acceptors (Lipinski definition) is 3. The largest absolute Gasteiger partial charge is 0.460 e. The van der Waals surface area contributed by atoms with Gasteiger partial charge in [0.05, 0.1) is 6.10 Å². The van der Waals surface area contributed by atoms with E-state index in [2.05, 4.69) is 0 Å². The van der Waals surface area contributed by atoms with Crippen LogP contribution < -0.4 is 5.73 Å². The summed E-state index contributed by atoms with van der Waals surface area (Å²) in [6.07, 6.45) is 3.15. The summed E-state index contributed by atoms with van der Waals surface area (Å²) in [5.41, 5.74) is 5.23. The van der Waals surface area contributed by atoms with Crippen molar-refractivity contribution in [1.82, 2.24) is 0 Å². The van der Waals surface area contributed by atoms with Crippen LogP contribution in [0.1, 0.15) is 53.4 Å². The van der Waals surface area contributed by atoms with Gasteiger partial charge in [0.15, 0.2) is 0 Å². The molecule has 0 spiro atoms. The Morgan fingerprint density at radius 1 is 1.19 bits per heavy atom. The van der Waals surface area contributed by atoms with Crippen molar-refractivity contribution in [1.29, 1.82) is 0 Å². The zero-order chi connectivity index (χ0) is 12.8. The molecule has 1 rings (SSSR count). The number of nitrogens with two attached hydrogens (primary N) is 1. The molecule has 1 aliphatic rings. The Kier molecular flexibility index (Phi) is 6.60. The monoisotopic (exact) mass is 230 g/mol. The first-order chi connectivity index (χ1) is 7.20. The van der Waals surface area contributed by atoms with E-state index in [1.807, 2.05) is 20.8 Å². The van der Waals surface area contributed by atoms with Crippen molar-refractivity contribution in [3.63, 3.8) is 0 Å². The smallest absolute Gasteiger partial charge is 0.303 e. The number of carbonyl (C=O) groups is 1. The molecule has 1 fully saturated rings. The Hall–Kier alpha value is -0.610. The lowest BCUT2D eigenvalue weighted by Crippen LogP contribution is -2.27. The van der Waals surface area contributed by atoms with Gasteiger partial charge < -0.3 is 10.5 Å². The predicted octanol–water partition coefficient (Wildman–Crippen LogP) is 2.03. The molecule has 0 unspecified atom stereocenters. The Morgan fingerprint density at radius 3 is 1.81 bits per heavy atom. The van der Waals surface area contributed by atoms with Crippen LogP contribution in [0.3, 0.4) is 0 Å². The zero-order valence-electron chi connectivity index (χ0n) is 10.8. The molecular formula is C12H24NO3. The van der Waals surface area contributed by atoms with Gasteiger partial charge in [0.2, 0.25) is 0 Å². The fourth-order valence-corrected chi connectivity index (χ4v) is 1.52. The molecule has 0 atom stereocenters. The lowest BCUT2D eigenvalue weighted by atomic mass is 9.94. The van der Waals surface area contributed by atoms with E-state index in [-0.39, 0.29) is 17.7 Å². The normalized spacial score (nSPS) is 25.4. The SMILES string of the molecule is CC(=O)OC(C)(C)C.NC1CCC([O])CC1. The molecule has 0 aromatic rings. The summed E-state index contributed by atoms with van der Waals surface area (Å²) in [7, 11) is 0. The Morgan fingerprint density at radius 2 is 1.62 bits per heavy atom. The van der Waals surface area contributed by atoms with Crippen LogP contribution in [-0.4, -0.2) is 23.7 Å². The predicted molar refractivity (Wildman–Crippen MR) is 62.4 cm³/mol. The third-order valence-corrected chi connectivity index (χ3v) is 2.17. The van der Waals surface area contributed by atoms with Gasteiger partial charge in [-0.05, 0) is 46.5 Å². The maximum absolute atomic E-state index is 10.6. The molecule has 16 heavy (non-hydrogen) atoms. The van der Waals surface area contributed by atoms with Crippen LogP contribution in [0.4, 0.5) is 0 Å². The van der Waals surface area contributed by atoms with Crippen molar-refractivity contribution in [2.24, 2.45) is 5.73 Å². The summed E-state index contributed by atoms with van der Waals surface area (Å²) in [6.45, 7) is 6.93. The second kappa shape index (κ2) is 6.86. The highest BCUT2D eigenvalue weighted by atomic mass is 16.6. The molecule has 0 saturated heterocycles. The molecule has 0 heterocycles. The van der Waals surface area contributed by atoms with Crippen molar-refractivity contribution in [3.05, 3.63) is 0 Å². The van der Waals surface area contributed by atoms with Gasteiger partial charge in [-0.3, -0.25) is 4.79 Å². The molecule has 0 aromatic heterocycles. The average molecular weight is 230 g/mol. The third kappa shape index (κ3) is 9.93. The van der Waals surface area contributed by atoms with Crippen LogP contribution in [0.25, 0.3) is 0 Å². The van der Waals surface area contributed by atoms with Crippen LogP contribution in [-0.2, 0) is 14.6 Å². The number of esters is 1. The summed E-state index contributed by atoms with van der Waals surface area (Å²) in [5.74, 6) is -0.225. The zero-order valence-corrected chi connectivity index (χ0v) is 10.8. The standard InChI is InChI=1S/C6H12NO.C6H12O2/c7-5-1-3-6(8)4-2-5;1-5(7)8-6(2,3)4/h5-6H,1-4,7H2;1-4H3. The lowest BCUT2D eigenvalue weighted by molar-refractivity contribution is -0.151. The van der Waals surface area contributed by atoms with Crippen molar-refractivity contribution in [2.75, 3.05) is 0 Å². The minimum absolute atomic E-state index is 0.225. The minimum Gasteiger partial charge on any atom is -0.460 e. The second-order valence-corrected chi connectivity index (χ2v) is 5.24. The summed E-state index contributed by atoms with van der Waals surface area (Å²) >= 11 is 0. The second-order valence-electron chi connectivity index (χ2n) is 5.24. The molecule has 1 saturated carbocycles. The van der Waals surface area contributed by atoms with E-state index in [1.54, 1.807) is 0 Å². The molecule has 0 bridgehead atoms. The van der Waals surface area contributed by atoms with E-state index in [0.717, 1.165) is 25.7 Å². The summed E-state index contributed by atoms with van der Waals surface area (Å²) < 4.78 is 4.80. The van der Waals surface area contributed by atoms with E-state index in [4.69, 9.17) is 10.5 Å². The third-order valence-electron chi connectivity index (χ3n) is 2.17. The highest BCUT2D eigenvalue weighted by molar-refractivity contribution is 5.66. The molecule has 2 N–H and O–H groups in total. The van der Waals surface area contributed by atoms with Crippen LogP contribution in [0.15, 0.2) is 0 Å². The number of hydrogen-bond donors (Lipinski definition) is 1. The maximum Gasteiger partial charge on any atom is 0.303 e. The average Bonchev–Trinajstić information content (AvgIpc) is 2.07. The van der Waals surface area contributed by atoms with Gasteiger partial charge in [0, 0.05) is 13.0 Å². The van der Waals surface area contributed by atoms with E-state index >= 15 is 0 Å². The molecule has 1 aliphatic carbocycles. The molecule has 0 aromatic carbocycles. The van der Waals surface area contributed by atoms with Crippen LogP contribution in [0, 0.1) is 0 Å². The van der Waals surface area contributed by atoms with Gasteiger partial charge in [0.25, 0.3) is 0 Å². The highest BCUT2D eigenvalue weighted by Gasteiger charge is 2.16. The number of carbonyl (C=O) groups excluding carboxylic acids is 1. The molecule has 0 aliphatic heterocycles. The van der Waals surface area contributed by atoms with Crippen molar-refractivity contribution < 1.29 is 14.6 Å². The summed E-state index contributed by atoms with van der Waals surface area (Å²) in [5, 5.41) is 10.6. The van der Waals surface area contributed by atoms with Crippen molar-refractivity contribution in [3.8, 4) is 0 Å². The minimum atomic E-state index is -0.328. The van der Waals surface area contributed by atoms with E-state index < -0.39 is 0 Å². The van der Waals surface area contributed by atoms with Gasteiger partial charge in [-0.25, -0.2) is 5.11 Å².